The number of aliphatic carboxylic acids is 1. The minimum Gasteiger partial charge on any atom is -0.479 e. The summed E-state index contributed by atoms with van der Waals surface area (Å²) >= 11 is 0. The van der Waals surface area contributed by atoms with E-state index >= 15 is 0 Å². The number of rotatable bonds is 6. The summed E-state index contributed by atoms with van der Waals surface area (Å²) in [6.07, 6.45) is 5.55. The molecule has 1 unspecified atom stereocenters. The smallest absolute Gasteiger partial charge is 0.337 e. The van der Waals surface area contributed by atoms with Crippen molar-refractivity contribution in [2.45, 2.75) is 98.2 Å². The van der Waals surface area contributed by atoms with Gasteiger partial charge in [0.15, 0.2) is 6.10 Å². The van der Waals surface area contributed by atoms with Gasteiger partial charge in [-0.3, -0.25) is 9.69 Å². The fourth-order valence-electron chi connectivity index (χ4n) is 5.66. The van der Waals surface area contributed by atoms with Crippen molar-refractivity contribution in [3.8, 4) is 11.1 Å². The van der Waals surface area contributed by atoms with Crippen LogP contribution in [0.3, 0.4) is 0 Å². The molecule has 6 nitrogen and oxygen atoms in total. The number of ether oxygens (including phenoxy) is 1. The third-order valence-electron chi connectivity index (χ3n) is 7.56. The van der Waals surface area contributed by atoms with Gasteiger partial charge < -0.3 is 9.84 Å². The van der Waals surface area contributed by atoms with Crippen molar-refractivity contribution in [1.82, 2.24) is 4.98 Å². The fourth-order valence-corrected chi connectivity index (χ4v) is 5.66. The summed E-state index contributed by atoms with van der Waals surface area (Å²) in [5.41, 5.74) is 5.58. The fraction of sp³-hybridized carbons (Fsp3) is 0.567. The second-order valence-corrected chi connectivity index (χ2v) is 11.5. The highest BCUT2D eigenvalue weighted by molar-refractivity contribution is 5.97. The molecule has 1 aromatic carbocycles. The molecule has 0 bridgehead atoms. The van der Waals surface area contributed by atoms with Gasteiger partial charge in [0, 0.05) is 35.3 Å². The normalized spacial score (nSPS) is 17.7. The zero-order valence-electron chi connectivity index (χ0n) is 22.6. The minimum absolute atomic E-state index is 0.0773. The van der Waals surface area contributed by atoms with Crippen LogP contribution in [0.1, 0.15) is 93.3 Å². The summed E-state index contributed by atoms with van der Waals surface area (Å²) in [7, 11) is 0. The van der Waals surface area contributed by atoms with Crippen LogP contribution in [0.25, 0.3) is 11.1 Å². The Morgan fingerprint density at radius 1 is 1.11 bits per heavy atom. The van der Waals surface area contributed by atoms with Gasteiger partial charge in [0.25, 0.3) is 0 Å². The number of hydrogen-bond acceptors (Lipinski definition) is 4. The maximum atomic E-state index is 13.2. The molecule has 4 rings (SSSR count). The summed E-state index contributed by atoms with van der Waals surface area (Å²) in [6.45, 7) is 12.3. The molecule has 1 aliphatic heterocycles. The first-order chi connectivity index (χ1) is 17.0. The van der Waals surface area contributed by atoms with Crippen molar-refractivity contribution in [3.63, 3.8) is 0 Å². The average Bonchev–Trinajstić information content (AvgIpc) is 2.81. The zero-order chi connectivity index (χ0) is 26.2. The van der Waals surface area contributed by atoms with E-state index in [9.17, 15) is 14.7 Å². The van der Waals surface area contributed by atoms with Crippen LogP contribution in [0.2, 0.25) is 0 Å². The van der Waals surface area contributed by atoms with E-state index in [-0.39, 0.29) is 5.91 Å². The highest BCUT2D eigenvalue weighted by Crippen LogP contribution is 2.43. The number of carbonyl (C=O) groups is 2. The zero-order valence-corrected chi connectivity index (χ0v) is 22.6. The molecule has 0 radical (unpaired) electrons. The number of fused-ring (bicyclic) bond motifs is 1. The van der Waals surface area contributed by atoms with Gasteiger partial charge in [0.2, 0.25) is 5.91 Å². The molecule has 1 atom stereocenters. The molecule has 6 heteroatoms. The van der Waals surface area contributed by atoms with Crippen molar-refractivity contribution in [3.05, 3.63) is 46.1 Å². The predicted octanol–water partition coefficient (Wildman–Crippen LogP) is 6.47. The van der Waals surface area contributed by atoms with E-state index < -0.39 is 17.7 Å². The van der Waals surface area contributed by atoms with Gasteiger partial charge in [-0.05, 0) is 83.4 Å². The van der Waals surface area contributed by atoms with E-state index in [1.54, 1.807) is 0 Å². The first-order valence-electron chi connectivity index (χ1n) is 13.3. The number of benzene rings is 1. The molecule has 1 fully saturated rings. The van der Waals surface area contributed by atoms with E-state index in [1.165, 1.54) is 24.8 Å². The van der Waals surface area contributed by atoms with Crippen LogP contribution in [-0.2, 0) is 20.7 Å². The van der Waals surface area contributed by atoms with Crippen molar-refractivity contribution in [1.29, 1.82) is 0 Å². The van der Waals surface area contributed by atoms with Crippen molar-refractivity contribution >= 4 is 17.7 Å². The summed E-state index contributed by atoms with van der Waals surface area (Å²) in [5.74, 6) is 0.132. The Kier molecular flexibility index (Phi) is 7.56. The molecule has 2 aliphatic rings. The number of carboxylic acids is 1. The van der Waals surface area contributed by atoms with Crippen LogP contribution in [-0.4, -0.2) is 34.1 Å². The highest BCUT2D eigenvalue weighted by Gasteiger charge is 2.38. The average molecular weight is 493 g/mol. The number of aryl methyl sites for hydroxylation is 3. The van der Waals surface area contributed by atoms with Gasteiger partial charge in [-0.25, -0.2) is 9.78 Å². The SMILES string of the molecule is Cc1ccc(-c2c(C)nc3c(c2C(OC(C)(C)C)C(=O)O)CCC(=O)N3CC2CCCCC2)cc1C. The maximum Gasteiger partial charge on any atom is 0.337 e. The van der Waals surface area contributed by atoms with Crippen LogP contribution < -0.4 is 4.90 Å². The van der Waals surface area contributed by atoms with Gasteiger partial charge in [0.1, 0.15) is 5.82 Å². The van der Waals surface area contributed by atoms with Crippen LogP contribution >= 0.6 is 0 Å². The number of carbonyl (C=O) groups excluding carboxylic acids is 1. The molecular formula is C30H40N2O4. The monoisotopic (exact) mass is 492 g/mol. The van der Waals surface area contributed by atoms with E-state index in [1.807, 2.05) is 38.7 Å². The number of anilines is 1. The number of pyridine rings is 1. The molecule has 1 aromatic heterocycles. The lowest BCUT2D eigenvalue weighted by Gasteiger charge is -2.36. The number of carboxylic acid groups (broad SMARTS) is 1. The van der Waals surface area contributed by atoms with Crippen LogP contribution in [0.5, 0.6) is 0 Å². The molecule has 0 saturated heterocycles. The third kappa shape index (κ3) is 5.49. The van der Waals surface area contributed by atoms with Crippen LogP contribution in [0.15, 0.2) is 18.2 Å². The van der Waals surface area contributed by atoms with E-state index in [4.69, 9.17) is 9.72 Å². The lowest BCUT2D eigenvalue weighted by molar-refractivity contribution is -0.160. The summed E-state index contributed by atoms with van der Waals surface area (Å²) in [5, 5.41) is 10.4. The summed E-state index contributed by atoms with van der Waals surface area (Å²) < 4.78 is 6.20. The third-order valence-corrected chi connectivity index (χ3v) is 7.56. The Morgan fingerprint density at radius 3 is 2.42 bits per heavy atom. The molecule has 2 heterocycles. The lowest BCUT2D eigenvalue weighted by atomic mass is 9.85. The van der Waals surface area contributed by atoms with Gasteiger partial charge in [-0.1, -0.05) is 37.5 Å². The molecule has 1 aliphatic carbocycles. The van der Waals surface area contributed by atoms with E-state index in [0.717, 1.165) is 40.8 Å². The van der Waals surface area contributed by atoms with Crippen molar-refractivity contribution in [2.75, 3.05) is 11.4 Å². The quantitative estimate of drug-likeness (QED) is 0.500. The Hall–Kier alpha value is -2.73. The maximum absolute atomic E-state index is 13.2. The summed E-state index contributed by atoms with van der Waals surface area (Å²) in [4.78, 5) is 32.7. The molecule has 0 spiro atoms. The van der Waals surface area contributed by atoms with Crippen molar-refractivity contribution in [2.24, 2.45) is 5.92 Å². The Bertz CT molecular complexity index is 1160. The van der Waals surface area contributed by atoms with E-state index in [2.05, 4.69) is 26.0 Å². The van der Waals surface area contributed by atoms with Gasteiger partial charge in [-0.2, -0.15) is 0 Å². The topological polar surface area (TPSA) is 79.7 Å². The molecular weight excluding hydrogens is 452 g/mol. The number of amides is 1. The predicted molar refractivity (Wildman–Crippen MR) is 142 cm³/mol. The molecule has 194 valence electrons. The molecule has 1 N–H and O–H groups in total. The lowest BCUT2D eigenvalue weighted by Crippen LogP contribution is -2.41. The molecule has 1 amide bonds. The Balaban J connectivity index is 1.94. The standard InChI is InChI=1S/C30H40N2O4/c1-18-12-13-22(16-19(18)2)25-20(3)31-28-23(26(25)27(29(34)35)36-30(4,5)6)14-15-24(33)32(28)17-21-10-8-7-9-11-21/h12-13,16,21,27H,7-11,14-15,17H2,1-6H3,(H,34,35). The van der Waals surface area contributed by atoms with Gasteiger partial charge in [0.05, 0.1) is 5.60 Å². The van der Waals surface area contributed by atoms with E-state index in [0.29, 0.717) is 36.7 Å². The molecule has 36 heavy (non-hydrogen) atoms. The van der Waals surface area contributed by atoms with Crippen LogP contribution in [0, 0.1) is 26.7 Å². The first-order valence-corrected chi connectivity index (χ1v) is 13.3. The highest BCUT2D eigenvalue weighted by atomic mass is 16.5. The minimum atomic E-state index is -1.17. The number of nitrogens with zero attached hydrogens (tertiary/aromatic N) is 2. The Labute approximate surface area is 215 Å². The molecule has 1 saturated carbocycles. The summed E-state index contributed by atoms with van der Waals surface area (Å²) in [6, 6.07) is 6.19. The van der Waals surface area contributed by atoms with Crippen LogP contribution in [0.4, 0.5) is 5.82 Å². The largest absolute Gasteiger partial charge is 0.479 e. The van der Waals surface area contributed by atoms with Gasteiger partial charge >= 0.3 is 5.97 Å². The number of hydrogen-bond donors (Lipinski definition) is 1. The van der Waals surface area contributed by atoms with Gasteiger partial charge in [-0.15, -0.1) is 0 Å². The second kappa shape index (κ2) is 10.3. The van der Waals surface area contributed by atoms with Crippen molar-refractivity contribution < 1.29 is 19.4 Å². The number of aromatic nitrogens is 1. The Morgan fingerprint density at radius 2 is 1.81 bits per heavy atom. The molecule has 2 aromatic rings. The second-order valence-electron chi connectivity index (χ2n) is 11.5. The first kappa shape index (κ1) is 26.3.